The Labute approximate surface area is 109 Å². The van der Waals surface area contributed by atoms with E-state index in [0.717, 1.165) is 23.8 Å². The normalized spacial score (nSPS) is 20.4. The van der Waals surface area contributed by atoms with Crippen LogP contribution in [0.3, 0.4) is 0 Å². The molecular formula is C11H16N2O2S2. The first-order chi connectivity index (χ1) is 8.29. The maximum absolute atomic E-state index is 11.5. The molecule has 0 N–H and O–H groups in total. The summed E-state index contributed by atoms with van der Waals surface area (Å²) in [5.41, 5.74) is 0. The van der Waals surface area contributed by atoms with Crippen LogP contribution in [0.4, 0.5) is 0 Å². The molecule has 0 amide bonds. The molecule has 1 fully saturated rings. The molecule has 1 aromatic rings. The van der Waals surface area contributed by atoms with Crippen molar-refractivity contribution in [2.24, 2.45) is 0 Å². The van der Waals surface area contributed by atoms with Crippen LogP contribution in [0.5, 0.6) is 0 Å². The Morgan fingerprint density at radius 2 is 2.41 bits per heavy atom. The number of hydrogen-bond donors (Lipinski definition) is 0. The van der Waals surface area contributed by atoms with Crippen molar-refractivity contribution in [2.45, 2.75) is 31.4 Å². The maximum Gasteiger partial charge on any atom is 0.234 e. The van der Waals surface area contributed by atoms with E-state index in [4.69, 9.17) is 4.52 Å². The molecule has 1 aliphatic rings. The van der Waals surface area contributed by atoms with Crippen LogP contribution in [-0.2, 0) is 11.2 Å². The van der Waals surface area contributed by atoms with Gasteiger partial charge < -0.3 is 4.52 Å². The van der Waals surface area contributed by atoms with Crippen LogP contribution in [-0.4, -0.2) is 33.2 Å². The monoisotopic (exact) mass is 272 g/mol. The van der Waals surface area contributed by atoms with Crippen LogP contribution < -0.4 is 0 Å². The van der Waals surface area contributed by atoms with Crippen LogP contribution in [0.1, 0.15) is 36.7 Å². The van der Waals surface area contributed by atoms with Gasteiger partial charge in [0.05, 0.1) is 11.7 Å². The number of rotatable bonds is 5. The fourth-order valence-electron chi connectivity index (χ4n) is 1.64. The summed E-state index contributed by atoms with van der Waals surface area (Å²) in [4.78, 5) is 15.8. The molecule has 0 spiro atoms. The second-order valence-corrected chi connectivity index (χ2v) is 6.41. The standard InChI is InChI=1S/C11H16N2O2S2/c1-2-3-8(14)6-10-12-11(13-15-10)9-7-16-4-5-17-9/h9H,2-7H2,1H3. The number of aromatic nitrogens is 2. The quantitative estimate of drug-likeness (QED) is 0.821. The van der Waals surface area contributed by atoms with Crippen LogP contribution in [0.25, 0.3) is 0 Å². The van der Waals surface area contributed by atoms with E-state index in [1.807, 2.05) is 30.4 Å². The number of thioether (sulfide) groups is 2. The van der Waals surface area contributed by atoms with E-state index in [9.17, 15) is 4.79 Å². The highest BCUT2D eigenvalue weighted by Crippen LogP contribution is 2.35. The SMILES string of the molecule is CCCC(=O)Cc1nc(C2CSCCS2)no1. The second-order valence-electron chi connectivity index (χ2n) is 3.95. The maximum atomic E-state index is 11.5. The molecule has 4 nitrogen and oxygen atoms in total. The molecule has 0 aromatic carbocycles. The minimum Gasteiger partial charge on any atom is -0.339 e. The summed E-state index contributed by atoms with van der Waals surface area (Å²) in [6.07, 6.45) is 1.74. The second kappa shape index (κ2) is 6.44. The van der Waals surface area contributed by atoms with Gasteiger partial charge in [-0.05, 0) is 6.42 Å². The number of nitrogens with zero attached hydrogens (tertiary/aromatic N) is 2. The summed E-state index contributed by atoms with van der Waals surface area (Å²) in [7, 11) is 0. The van der Waals surface area contributed by atoms with E-state index in [1.165, 1.54) is 5.75 Å². The molecule has 0 saturated carbocycles. The van der Waals surface area contributed by atoms with Crippen molar-refractivity contribution in [2.75, 3.05) is 17.3 Å². The number of Topliss-reactive ketones (excluding diaryl/α,β-unsaturated/α-hetero) is 1. The first-order valence-electron chi connectivity index (χ1n) is 5.83. The smallest absolute Gasteiger partial charge is 0.234 e. The lowest BCUT2D eigenvalue weighted by atomic mass is 10.2. The zero-order valence-electron chi connectivity index (χ0n) is 9.85. The van der Waals surface area contributed by atoms with Gasteiger partial charge in [0.15, 0.2) is 5.82 Å². The fraction of sp³-hybridized carbons (Fsp3) is 0.727. The first kappa shape index (κ1) is 13.0. The fourth-order valence-corrected chi connectivity index (χ4v) is 4.23. The average Bonchev–Trinajstić information content (AvgIpc) is 2.79. The number of carbonyl (C=O) groups excluding carboxylic acids is 1. The molecule has 17 heavy (non-hydrogen) atoms. The van der Waals surface area contributed by atoms with Crippen LogP contribution in [0.2, 0.25) is 0 Å². The van der Waals surface area contributed by atoms with E-state index < -0.39 is 0 Å². The highest BCUT2D eigenvalue weighted by molar-refractivity contribution is 8.06. The third kappa shape index (κ3) is 3.74. The van der Waals surface area contributed by atoms with Gasteiger partial charge in [0.1, 0.15) is 5.78 Å². The van der Waals surface area contributed by atoms with Gasteiger partial charge in [0.2, 0.25) is 5.89 Å². The van der Waals surface area contributed by atoms with E-state index in [2.05, 4.69) is 10.1 Å². The Morgan fingerprint density at radius 3 is 3.12 bits per heavy atom. The molecule has 6 heteroatoms. The molecule has 2 rings (SSSR count). The van der Waals surface area contributed by atoms with Crippen molar-refractivity contribution >= 4 is 29.3 Å². The third-order valence-corrected chi connectivity index (χ3v) is 5.22. The van der Waals surface area contributed by atoms with Crippen LogP contribution >= 0.6 is 23.5 Å². The Bertz CT molecular complexity index is 375. The molecule has 1 aliphatic heterocycles. The topological polar surface area (TPSA) is 56.0 Å². The van der Waals surface area contributed by atoms with Gasteiger partial charge in [-0.15, -0.1) is 11.8 Å². The summed E-state index contributed by atoms with van der Waals surface area (Å²) in [6.45, 7) is 1.99. The third-order valence-electron chi connectivity index (χ3n) is 2.46. The predicted octanol–water partition coefficient (Wildman–Crippen LogP) is 2.50. The highest BCUT2D eigenvalue weighted by atomic mass is 32.2. The van der Waals surface area contributed by atoms with Gasteiger partial charge in [-0.1, -0.05) is 12.1 Å². The van der Waals surface area contributed by atoms with Crippen molar-refractivity contribution in [1.82, 2.24) is 10.1 Å². The summed E-state index contributed by atoms with van der Waals surface area (Å²) in [5.74, 6) is 4.76. The summed E-state index contributed by atoms with van der Waals surface area (Å²) < 4.78 is 5.13. The lowest BCUT2D eigenvalue weighted by molar-refractivity contribution is -0.118. The molecule has 94 valence electrons. The minimum absolute atomic E-state index is 0.174. The summed E-state index contributed by atoms with van der Waals surface area (Å²) >= 11 is 3.79. The molecule has 1 unspecified atom stereocenters. The zero-order chi connectivity index (χ0) is 12.1. The molecule has 2 heterocycles. The van der Waals surface area contributed by atoms with Gasteiger partial charge in [0, 0.05) is 23.7 Å². The minimum atomic E-state index is 0.174. The van der Waals surface area contributed by atoms with Gasteiger partial charge in [-0.2, -0.15) is 16.7 Å². The predicted molar refractivity (Wildman–Crippen MR) is 70.4 cm³/mol. The van der Waals surface area contributed by atoms with Gasteiger partial charge >= 0.3 is 0 Å². The lowest BCUT2D eigenvalue weighted by Gasteiger charge is -2.16. The lowest BCUT2D eigenvalue weighted by Crippen LogP contribution is -2.08. The number of ketones is 1. The molecule has 1 atom stereocenters. The first-order valence-corrected chi connectivity index (χ1v) is 8.03. The Balaban J connectivity index is 1.93. The van der Waals surface area contributed by atoms with Crippen molar-refractivity contribution in [3.63, 3.8) is 0 Å². The molecule has 1 aromatic heterocycles. The van der Waals surface area contributed by atoms with E-state index in [0.29, 0.717) is 17.6 Å². The summed E-state index contributed by atoms with van der Waals surface area (Å²) in [5, 5.41) is 4.31. The van der Waals surface area contributed by atoms with Crippen LogP contribution in [0, 0.1) is 0 Å². The van der Waals surface area contributed by atoms with Gasteiger partial charge in [-0.25, -0.2) is 0 Å². The largest absolute Gasteiger partial charge is 0.339 e. The van der Waals surface area contributed by atoms with Crippen molar-refractivity contribution in [3.8, 4) is 0 Å². The Morgan fingerprint density at radius 1 is 1.53 bits per heavy atom. The van der Waals surface area contributed by atoms with Crippen molar-refractivity contribution < 1.29 is 9.32 Å². The molecule has 0 bridgehead atoms. The summed E-state index contributed by atoms with van der Waals surface area (Å²) in [6, 6.07) is 0. The highest BCUT2D eigenvalue weighted by Gasteiger charge is 2.22. The van der Waals surface area contributed by atoms with Crippen molar-refractivity contribution in [3.05, 3.63) is 11.7 Å². The van der Waals surface area contributed by atoms with E-state index in [-0.39, 0.29) is 12.2 Å². The van der Waals surface area contributed by atoms with Crippen molar-refractivity contribution in [1.29, 1.82) is 0 Å². The van der Waals surface area contributed by atoms with Gasteiger partial charge in [0.25, 0.3) is 0 Å². The molecule has 0 aliphatic carbocycles. The van der Waals surface area contributed by atoms with Gasteiger partial charge in [-0.3, -0.25) is 4.79 Å². The molecule has 0 radical (unpaired) electrons. The molecular weight excluding hydrogens is 256 g/mol. The Kier molecular flexibility index (Phi) is 4.91. The Hall–Kier alpha value is -0.490. The number of carbonyl (C=O) groups is 1. The molecule has 1 saturated heterocycles. The van der Waals surface area contributed by atoms with E-state index >= 15 is 0 Å². The van der Waals surface area contributed by atoms with E-state index in [1.54, 1.807) is 0 Å². The van der Waals surface area contributed by atoms with Crippen LogP contribution in [0.15, 0.2) is 4.52 Å². The number of hydrogen-bond acceptors (Lipinski definition) is 6. The average molecular weight is 272 g/mol. The zero-order valence-corrected chi connectivity index (χ0v) is 11.5.